The van der Waals surface area contributed by atoms with Crippen molar-refractivity contribution in [1.82, 2.24) is 15.0 Å². The van der Waals surface area contributed by atoms with E-state index in [0.717, 1.165) is 3.57 Å². The van der Waals surface area contributed by atoms with Crippen molar-refractivity contribution in [2.45, 2.75) is 13.0 Å². The maximum Gasteiger partial charge on any atom is 0.259 e. The standard InChI is InChI=1S/C11H13IN4O2/c1-6(5-18-2)15-11-14-3-7-9(16-11)8(12)4-13-10(7)17/h3-4,6H,5H2,1-2H3,(H,13,17)(H,14,15,16). The molecule has 6 nitrogen and oxygen atoms in total. The number of hydrogen-bond donors (Lipinski definition) is 2. The summed E-state index contributed by atoms with van der Waals surface area (Å²) in [6.07, 6.45) is 3.17. The molecule has 0 aliphatic rings. The predicted octanol–water partition coefficient (Wildman–Crippen LogP) is 1.37. The minimum Gasteiger partial charge on any atom is -0.383 e. The van der Waals surface area contributed by atoms with Gasteiger partial charge in [0.15, 0.2) is 0 Å². The number of anilines is 1. The molecule has 1 unspecified atom stereocenters. The Morgan fingerprint density at radius 1 is 1.61 bits per heavy atom. The summed E-state index contributed by atoms with van der Waals surface area (Å²) in [5.74, 6) is 0.496. The molecular formula is C11H13IN4O2. The maximum atomic E-state index is 11.6. The van der Waals surface area contributed by atoms with Gasteiger partial charge in [0.05, 0.1) is 21.1 Å². The first-order valence-corrected chi connectivity index (χ1v) is 6.49. The first-order valence-electron chi connectivity index (χ1n) is 5.41. The molecule has 1 atom stereocenters. The van der Waals surface area contributed by atoms with E-state index in [1.165, 1.54) is 6.20 Å². The van der Waals surface area contributed by atoms with Crippen molar-refractivity contribution in [1.29, 1.82) is 0 Å². The largest absolute Gasteiger partial charge is 0.383 e. The Kier molecular flexibility index (Phi) is 4.12. The van der Waals surface area contributed by atoms with Crippen LogP contribution in [0.3, 0.4) is 0 Å². The number of nitrogens with zero attached hydrogens (tertiary/aromatic N) is 2. The maximum absolute atomic E-state index is 11.6. The number of pyridine rings is 1. The molecule has 0 amide bonds. The van der Waals surface area contributed by atoms with Gasteiger partial charge in [-0.25, -0.2) is 9.97 Å². The van der Waals surface area contributed by atoms with Gasteiger partial charge >= 0.3 is 0 Å². The van der Waals surface area contributed by atoms with E-state index in [9.17, 15) is 4.79 Å². The van der Waals surface area contributed by atoms with Gasteiger partial charge in [0.25, 0.3) is 5.56 Å². The van der Waals surface area contributed by atoms with Crippen molar-refractivity contribution in [3.63, 3.8) is 0 Å². The Balaban J connectivity index is 2.38. The second-order valence-corrected chi connectivity index (χ2v) is 5.08. The second-order valence-electron chi connectivity index (χ2n) is 3.92. The van der Waals surface area contributed by atoms with Gasteiger partial charge in [-0.1, -0.05) is 0 Å². The molecule has 0 saturated heterocycles. The summed E-state index contributed by atoms with van der Waals surface area (Å²) in [6, 6.07) is 0.104. The highest BCUT2D eigenvalue weighted by Gasteiger charge is 2.08. The Morgan fingerprint density at radius 3 is 3.11 bits per heavy atom. The fraction of sp³-hybridized carbons (Fsp3) is 0.364. The van der Waals surface area contributed by atoms with Crippen molar-refractivity contribution in [2.75, 3.05) is 19.0 Å². The lowest BCUT2D eigenvalue weighted by Crippen LogP contribution is -2.22. The molecular weight excluding hydrogens is 347 g/mol. The lowest BCUT2D eigenvalue weighted by Gasteiger charge is -2.12. The van der Waals surface area contributed by atoms with Crippen molar-refractivity contribution >= 4 is 39.4 Å². The van der Waals surface area contributed by atoms with E-state index in [-0.39, 0.29) is 11.6 Å². The Labute approximate surface area is 117 Å². The lowest BCUT2D eigenvalue weighted by molar-refractivity contribution is 0.190. The second kappa shape index (κ2) is 5.61. The molecule has 2 aromatic rings. The minimum absolute atomic E-state index is 0.104. The number of aromatic amines is 1. The summed E-state index contributed by atoms with van der Waals surface area (Å²) in [6.45, 7) is 2.54. The fourth-order valence-electron chi connectivity index (χ4n) is 1.59. The SMILES string of the molecule is COCC(C)Nc1ncc2c(=O)[nH]cc(I)c2n1. The van der Waals surface area contributed by atoms with E-state index >= 15 is 0 Å². The van der Waals surface area contributed by atoms with Gasteiger partial charge < -0.3 is 15.0 Å². The molecule has 7 heteroatoms. The Morgan fingerprint density at radius 2 is 2.39 bits per heavy atom. The average Bonchev–Trinajstić information content (AvgIpc) is 2.34. The van der Waals surface area contributed by atoms with Crippen molar-refractivity contribution < 1.29 is 4.74 Å². The highest BCUT2D eigenvalue weighted by atomic mass is 127. The van der Waals surface area contributed by atoms with Gasteiger partial charge in [0.1, 0.15) is 0 Å². The van der Waals surface area contributed by atoms with E-state index in [1.807, 2.05) is 6.92 Å². The van der Waals surface area contributed by atoms with Crippen LogP contribution in [0.1, 0.15) is 6.92 Å². The van der Waals surface area contributed by atoms with Crippen molar-refractivity contribution in [2.24, 2.45) is 0 Å². The van der Waals surface area contributed by atoms with Crippen LogP contribution < -0.4 is 10.9 Å². The zero-order valence-corrected chi connectivity index (χ0v) is 12.2. The molecule has 0 fully saturated rings. The molecule has 0 aliphatic carbocycles. The minimum atomic E-state index is -0.179. The van der Waals surface area contributed by atoms with Gasteiger partial charge in [0.2, 0.25) is 5.95 Å². The normalized spacial score (nSPS) is 12.6. The smallest absolute Gasteiger partial charge is 0.259 e. The van der Waals surface area contributed by atoms with Crippen LogP contribution in [0.4, 0.5) is 5.95 Å². The number of ether oxygens (including phenoxy) is 1. The summed E-state index contributed by atoms with van der Waals surface area (Å²) in [5, 5.41) is 3.61. The van der Waals surface area contributed by atoms with E-state index < -0.39 is 0 Å². The number of nitrogens with one attached hydrogen (secondary N) is 2. The van der Waals surface area contributed by atoms with E-state index in [1.54, 1.807) is 13.3 Å². The van der Waals surface area contributed by atoms with E-state index in [4.69, 9.17) is 4.74 Å². The summed E-state index contributed by atoms with van der Waals surface area (Å²) >= 11 is 2.13. The third-order valence-corrected chi connectivity index (χ3v) is 3.20. The molecule has 0 spiro atoms. The number of rotatable bonds is 4. The molecule has 2 heterocycles. The van der Waals surface area contributed by atoms with Crippen LogP contribution in [-0.2, 0) is 4.74 Å². The first kappa shape index (κ1) is 13.2. The molecule has 0 aromatic carbocycles. The average molecular weight is 360 g/mol. The first-order chi connectivity index (χ1) is 8.61. The Hall–Kier alpha value is -1.22. The van der Waals surface area contributed by atoms with Crippen LogP contribution in [-0.4, -0.2) is 34.7 Å². The molecule has 18 heavy (non-hydrogen) atoms. The van der Waals surface area contributed by atoms with Gasteiger partial charge in [0, 0.05) is 25.5 Å². The molecule has 2 rings (SSSR count). The molecule has 0 radical (unpaired) electrons. The highest BCUT2D eigenvalue weighted by Crippen LogP contribution is 2.15. The fourth-order valence-corrected chi connectivity index (χ4v) is 2.15. The quantitative estimate of drug-likeness (QED) is 0.806. The molecule has 2 aromatic heterocycles. The van der Waals surface area contributed by atoms with Crippen LogP contribution in [0, 0.1) is 3.57 Å². The number of halogens is 1. The molecule has 0 bridgehead atoms. The molecule has 2 N–H and O–H groups in total. The summed E-state index contributed by atoms with van der Waals surface area (Å²) < 4.78 is 5.91. The van der Waals surface area contributed by atoms with Crippen LogP contribution in [0.2, 0.25) is 0 Å². The van der Waals surface area contributed by atoms with Crippen molar-refractivity contribution in [3.8, 4) is 0 Å². The van der Waals surface area contributed by atoms with Crippen LogP contribution >= 0.6 is 22.6 Å². The monoisotopic (exact) mass is 360 g/mol. The Bertz CT molecular complexity index is 614. The molecule has 96 valence electrons. The van der Waals surface area contributed by atoms with Crippen LogP contribution in [0.15, 0.2) is 17.2 Å². The van der Waals surface area contributed by atoms with Crippen LogP contribution in [0.25, 0.3) is 10.9 Å². The zero-order chi connectivity index (χ0) is 13.1. The van der Waals surface area contributed by atoms with Crippen LogP contribution in [0.5, 0.6) is 0 Å². The van der Waals surface area contributed by atoms with Crippen molar-refractivity contribution in [3.05, 3.63) is 26.3 Å². The van der Waals surface area contributed by atoms with Gasteiger partial charge in [-0.15, -0.1) is 0 Å². The summed E-state index contributed by atoms with van der Waals surface area (Å²) in [7, 11) is 1.64. The number of H-pyrrole nitrogens is 1. The molecule has 0 aliphatic heterocycles. The third-order valence-electron chi connectivity index (χ3n) is 2.38. The lowest BCUT2D eigenvalue weighted by atomic mass is 10.3. The number of fused-ring (bicyclic) bond motifs is 1. The predicted molar refractivity (Wildman–Crippen MR) is 77.8 cm³/mol. The number of aromatic nitrogens is 3. The summed E-state index contributed by atoms with van der Waals surface area (Å²) in [5.41, 5.74) is 0.475. The van der Waals surface area contributed by atoms with Gasteiger partial charge in [-0.2, -0.15) is 0 Å². The summed E-state index contributed by atoms with van der Waals surface area (Å²) in [4.78, 5) is 22.7. The highest BCUT2D eigenvalue weighted by molar-refractivity contribution is 14.1. The molecule has 0 saturated carbocycles. The van der Waals surface area contributed by atoms with E-state index in [0.29, 0.717) is 23.5 Å². The third kappa shape index (κ3) is 2.78. The topological polar surface area (TPSA) is 79.9 Å². The number of hydrogen-bond acceptors (Lipinski definition) is 5. The van der Waals surface area contributed by atoms with E-state index in [2.05, 4.69) is 42.9 Å². The van der Waals surface area contributed by atoms with Gasteiger partial charge in [-0.3, -0.25) is 4.79 Å². The number of methoxy groups -OCH3 is 1. The zero-order valence-electron chi connectivity index (χ0n) is 10.0. The van der Waals surface area contributed by atoms with Gasteiger partial charge in [-0.05, 0) is 29.5 Å².